The van der Waals surface area contributed by atoms with Gasteiger partial charge in [0.1, 0.15) is 10.7 Å². The van der Waals surface area contributed by atoms with Gasteiger partial charge in [0.15, 0.2) is 0 Å². The second kappa shape index (κ2) is 5.50. The van der Waals surface area contributed by atoms with Crippen molar-refractivity contribution >= 4 is 21.5 Å². The molecule has 0 unspecified atom stereocenters. The minimum atomic E-state index is -3.65. The van der Waals surface area contributed by atoms with Gasteiger partial charge in [-0.05, 0) is 36.6 Å². The molecule has 0 aliphatic carbocycles. The maximum atomic E-state index is 12.3. The first-order valence-corrected chi connectivity index (χ1v) is 7.75. The number of anilines is 2. The van der Waals surface area contributed by atoms with Crippen LogP contribution in [0.25, 0.3) is 0 Å². The van der Waals surface area contributed by atoms with Crippen molar-refractivity contribution in [2.75, 3.05) is 10.5 Å². The van der Waals surface area contributed by atoms with Crippen molar-refractivity contribution in [1.29, 1.82) is 0 Å². The van der Waals surface area contributed by atoms with Crippen molar-refractivity contribution < 1.29 is 8.42 Å². The van der Waals surface area contributed by atoms with Gasteiger partial charge in [-0.2, -0.15) is 0 Å². The Balaban J connectivity index is 2.41. The Morgan fingerprint density at radius 1 is 1.25 bits per heavy atom. The van der Waals surface area contributed by atoms with E-state index in [1.807, 2.05) is 32.0 Å². The van der Waals surface area contributed by atoms with Gasteiger partial charge in [-0.3, -0.25) is 4.72 Å². The smallest absolute Gasteiger partial charge is 0.263 e. The number of sulfonamides is 1. The number of nitrogens with two attached hydrogens (primary N) is 1. The van der Waals surface area contributed by atoms with E-state index < -0.39 is 10.0 Å². The molecule has 0 aliphatic heterocycles. The molecule has 0 bridgehead atoms. The van der Waals surface area contributed by atoms with Gasteiger partial charge in [0.2, 0.25) is 0 Å². The van der Waals surface area contributed by atoms with E-state index in [-0.39, 0.29) is 10.7 Å². The topological polar surface area (TPSA) is 85.1 Å². The van der Waals surface area contributed by atoms with Crippen LogP contribution in [-0.2, 0) is 16.4 Å². The van der Waals surface area contributed by atoms with Crippen LogP contribution in [0.1, 0.15) is 18.1 Å². The van der Waals surface area contributed by atoms with Crippen LogP contribution in [0.4, 0.5) is 11.5 Å². The number of nitrogens with zero attached hydrogens (tertiary/aromatic N) is 1. The Hall–Kier alpha value is -2.08. The van der Waals surface area contributed by atoms with Crippen LogP contribution in [0, 0.1) is 6.92 Å². The van der Waals surface area contributed by atoms with Crippen LogP contribution in [0.15, 0.2) is 41.4 Å². The van der Waals surface area contributed by atoms with Crippen LogP contribution in [0.5, 0.6) is 0 Å². The number of benzene rings is 1. The molecular formula is C14H17N3O2S. The molecular weight excluding hydrogens is 274 g/mol. The van der Waals surface area contributed by atoms with E-state index in [1.165, 1.54) is 18.3 Å². The van der Waals surface area contributed by atoms with Gasteiger partial charge in [-0.25, -0.2) is 13.4 Å². The molecule has 6 heteroatoms. The highest BCUT2D eigenvalue weighted by Gasteiger charge is 2.17. The number of hydrogen-bond acceptors (Lipinski definition) is 4. The Morgan fingerprint density at radius 3 is 2.60 bits per heavy atom. The van der Waals surface area contributed by atoms with Crippen molar-refractivity contribution in [2.45, 2.75) is 25.2 Å². The molecule has 0 fully saturated rings. The predicted molar refractivity (Wildman–Crippen MR) is 80.0 cm³/mol. The zero-order valence-corrected chi connectivity index (χ0v) is 12.2. The van der Waals surface area contributed by atoms with E-state index in [0.29, 0.717) is 5.69 Å². The summed E-state index contributed by atoms with van der Waals surface area (Å²) in [4.78, 5) is 3.91. The highest BCUT2D eigenvalue weighted by atomic mass is 32.2. The molecule has 1 aromatic carbocycles. The maximum Gasteiger partial charge on any atom is 0.263 e. The van der Waals surface area contributed by atoms with E-state index in [9.17, 15) is 8.42 Å². The molecule has 5 nitrogen and oxygen atoms in total. The van der Waals surface area contributed by atoms with Gasteiger partial charge < -0.3 is 5.73 Å². The van der Waals surface area contributed by atoms with Crippen LogP contribution < -0.4 is 10.5 Å². The Kier molecular flexibility index (Phi) is 3.94. The Bertz CT molecular complexity index is 710. The third-order valence-electron chi connectivity index (χ3n) is 3.05. The summed E-state index contributed by atoms with van der Waals surface area (Å²) in [6, 6.07) is 8.60. The van der Waals surface area contributed by atoms with Gasteiger partial charge in [-0.15, -0.1) is 0 Å². The first kappa shape index (κ1) is 14.3. The molecule has 2 rings (SSSR count). The fraction of sp³-hybridized carbons (Fsp3) is 0.214. The highest BCUT2D eigenvalue weighted by Crippen LogP contribution is 2.24. The predicted octanol–water partition coefficient (Wildman–Crippen LogP) is 2.34. The van der Waals surface area contributed by atoms with Crippen molar-refractivity contribution in [3.63, 3.8) is 0 Å². The molecule has 0 saturated heterocycles. The summed E-state index contributed by atoms with van der Waals surface area (Å²) in [5, 5.41) is 0. The lowest BCUT2D eigenvalue weighted by Gasteiger charge is -2.14. The molecule has 3 N–H and O–H groups in total. The lowest BCUT2D eigenvalue weighted by atomic mass is 10.1. The van der Waals surface area contributed by atoms with Crippen LogP contribution in [-0.4, -0.2) is 13.4 Å². The normalized spacial score (nSPS) is 11.3. The Labute approximate surface area is 118 Å². The summed E-state index contributed by atoms with van der Waals surface area (Å²) < 4.78 is 27.3. The van der Waals surface area contributed by atoms with Crippen LogP contribution >= 0.6 is 0 Å². The molecule has 0 spiro atoms. The summed E-state index contributed by atoms with van der Waals surface area (Å²) in [5.41, 5.74) is 7.94. The molecule has 106 valence electrons. The molecule has 0 atom stereocenters. The van der Waals surface area contributed by atoms with Crippen molar-refractivity contribution in [1.82, 2.24) is 4.98 Å². The van der Waals surface area contributed by atoms with Gasteiger partial charge in [-0.1, -0.05) is 25.1 Å². The van der Waals surface area contributed by atoms with E-state index in [1.54, 1.807) is 0 Å². The number of nitrogen functional groups attached to an aromatic ring is 1. The second-order valence-corrected chi connectivity index (χ2v) is 6.17. The third kappa shape index (κ3) is 2.91. The molecule has 0 saturated carbocycles. The maximum absolute atomic E-state index is 12.3. The molecule has 1 heterocycles. The minimum Gasteiger partial charge on any atom is -0.384 e. The van der Waals surface area contributed by atoms with Gasteiger partial charge >= 0.3 is 0 Å². The SMILES string of the molecule is CCc1cccc(C)c1NS(=O)(=O)c1ccc(N)nc1. The second-order valence-electron chi connectivity index (χ2n) is 4.49. The largest absolute Gasteiger partial charge is 0.384 e. The molecule has 0 amide bonds. The minimum absolute atomic E-state index is 0.0945. The quantitative estimate of drug-likeness (QED) is 0.905. The third-order valence-corrected chi connectivity index (χ3v) is 4.38. The first-order valence-electron chi connectivity index (χ1n) is 6.27. The van der Waals surface area contributed by atoms with Crippen molar-refractivity contribution in [2.24, 2.45) is 0 Å². The summed E-state index contributed by atoms with van der Waals surface area (Å²) in [5.74, 6) is 0.286. The summed E-state index contributed by atoms with van der Waals surface area (Å²) in [6.45, 7) is 3.86. The average Bonchev–Trinajstić information content (AvgIpc) is 2.41. The molecule has 20 heavy (non-hydrogen) atoms. The van der Waals surface area contributed by atoms with E-state index in [0.717, 1.165) is 17.5 Å². The van der Waals surface area contributed by atoms with E-state index in [2.05, 4.69) is 9.71 Å². The average molecular weight is 291 g/mol. The zero-order chi connectivity index (χ0) is 14.8. The number of hydrogen-bond donors (Lipinski definition) is 2. The van der Waals surface area contributed by atoms with E-state index in [4.69, 9.17) is 5.73 Å². The first-order chi connectivity index (χ1) is 9.44. The lowest BCUT2D eigenvalue weighted by Crippen LogP contribution is -2.15. The summed E-state index contributed by atoms with van der Waals surface area (Å²) in [6.07, 6.45) is 2.00. The molecule has 0 aliphatic rings. The molecule has 1 aromatic heterocycles. The fourth-order valence-corrected chi connectivity index (χ4v) is 3.03. The number of para-hydroxylation sites is 1. The van der Waals surface area contributed by atoms with Crippen LogP contribution in [0.3, 0.4) is 0 Å². The zero-order valence-electron chi connectivity index (χ0n) is 11.4. The standard InChI is InChI=1S/C14H17N3O2S/c1-3-11-6-4-5-10(2)14(11)17-20(18,19)12-7-8-13(15)16-9-12/h4-9,17H,3H2,1-2H3,(H2,15,16). The number of aryl methyl sites for hydroxylation is 2. The van der Waals surface area contributed by atoms with E-state index >= 15 is 0 Å². The summed E-state index contributed by atoms with van der Waals surface area (Å²) in [7, 11) is -3.65. The van der Waals surface area contributed by atoms with Gasteiger partial charge in [0.25, 0.3) is 10.0 Å². The fourth-order valence-electron chi connectivity index (χ4n) is 1.91. The van der Waals surface area contributed by atoms with Gasteiger partial charge in [0, 0.05) is 6.20 Å². The Morgan fingerprint density at radius 2 is 2.00 bits per heavy atom. The van der Waals surface area contributed by atoms with Crippen molar-refractivity contribution in [3.05, 3.63) is 47.7 Å². The summed E-state index contributed by atoms with van der Waals surface area (Å²) >= 11 is 0. The highest BCUT2D eigenvalue weighted by molar-refractivity contribution is 7.92. The van der Waals surface area contributed by atoms with Gasteiger partial charge in [0.05, 0.1) is 5.69 Å². The number of pyridine rings is 1. The van der Waals surface area contributed by atoms with Crippen molar-refractivity contribution in [3.8, 4) is 0 Å². The number of aromatic nitrogens is 1. The monoisotopic (exact) mass is 291 g/mol. The lowest BCUT2D eigenvalue weighted by molar-refractivity contribution is 0.600. The van der Waals surface area contributed by atoms with Crippen LogP contribution in [0.2, 0.25) is 0 Å². The molecule has 0 radical (unpaired) electrons. The number of rotatable bonds is 4. The number of nitrogens with one attached hydrogen (secondary N) is 1. The molecule has 2 aromatic rings.